The van der Waals surface area contributed by atoms with Crippen molar-refractivity contribution in [3.8, 4) is 0 Å². The van der Waals surface area contributed by atoms with Crippen LogP contribution in [-0.2, 0) is 8.85 Å². The van der Waals surface area contributed by atoms with Crippen molar-refractivity contribution in [1.29, 1.82) is 0 Å². The van der Waals surface area contributed by atoms with Crippen LogP contribution in [0.15, 0.2) is 12.7 Å². The molecule has 2 nitrogen and oxygen atoms in total. The minimum atomic E-state index is -1.81. The summed E-state index contributed by atoms with van der Waals surface area (Å²) in [5.41, 5.74) is 0. The minimum Gasteiger partial charge on any atom is -0.416 e. The van der Waals surface area contributed by atoms with Crippen molar-refractivity contribution in [1.82, 2.24) is 0 Å². The Morgan fingerprint density at radius 3 is 1.62 bits per heavy atom. The molecule has 0 fully saturated rings. The lowest BCUT2D eigenvalue weighted by atomic mass is 9.94. The predicted molar refractivity (Wildman–Crippen MR) is 114 cm³/mol. The van der Waals surface area contributed by atoms with Crippen molar-refractivity contribution >= 4 is 16.6 Å². The Morgan fingerprint density at radius 2 is 1.29 bits per heavy atom. The molecule has 0 spiro atoms. The third-order valence-electron chi connectivity index (χ3n) is 6.20. The van der Waals surface area contributed by atoms with Gasteiger partial charge in [0, 0.05) is 12.5 Å². The molecule has 0 unspecified atom stereocenters. The fourth-order valence-corrected chi connectivity index (χ4v) is 4.64. The first-order valence-corrected chi connectivity index (χ1v) is 15.2. The van der Waals surface area contributed by atoms with E-state index in [9.17, 15) is 0 Å². The van der Waals surface area contributed by atoms with Gasteiger partial charge in [-0.1, -0.05) is 61.5 Å². The summed E-state index contributed by atoms with van der Waals surface area (Å²) in [6, 6.07) is 0. The molecule has 0 aliphatic heterocycles. The molecule has 4 heteroatoms. The average molecular weight is 373 g/mol. The normalized spacial score (nSPS) is 18.2. The van der Waals surface area contributed by atoms with Gasteiger partial charge in [-0.05, 0) is 42.2 Å². The highest BCUT2D eigenvalue weighted by atomic mass is 28.4. The Balaban J connectivity index is 5.18. The molecule has 0 saturated heterocycles. The molecule has 24 heavy (non-hydrogen) atoms. The predicted octanol–water partition coefficient (Wildman–Crippen LogP) is 6.86. The zero-order chi connectivity index (χ0) is 19.6. The molecule has 0 aromatic rings. The van der Waals surface area contributed by atoms with Crippen molar-refractivity contribution in [2.75, 3.05) is 6.61 Å². The van der Waals surface area contributed by atoms with Crippen LogP contribution in [0.4, 0.5) is 0 Å². The van der Waals surface area contributed by atoms with Crippen LogP contribution >= 0.6 is 0 Å². The summed E-state index contributed by atoms with van der Waals surface area (Å²) in [7, 11) is -3.54. The lowest BCUT2D eigenvalue weighted by Gasteiger charge is -2.43. The molecule has 0 rings (SSSR count). The van der Waals surface area contributed by atoms with Crippen molar-refractivity contribution in [2.45, 2.75) is 97.8 Å². The first-order chi connectivity index (χ1) is 10.5. The van der Waals surface area contributed by atoms with Gasteiger partial charge in [0.05, 0.1) is 6.10 Å². The Morgan fingerprint density at radius 1 is 0.875 bits per heavy atom. The summed E-state index contributed by atoms with van der Waals surface area (Å²) >= 11 is 0. The third kappa shape index (κ3) is 6.43. The van der Waals surface area contributed by atoms with Crippen LogP contribution in [-0.4, -0.2) is 29.3 Å². The molecule has 3 atom stereocenters. The van der Waals surface area contributed by atoms with Crippen molar-refractivity contribution in [3.05, 3.63) is 12.7 Å². The van der Waals surface area contributed by atoms with Crippen LogP contribution in [0, 0.1) is 11.8 Å². The van der Waals surface area contributed by atoms with E-state index in [0.717, 1.165) is 6.61 Å². The van der Waals surface area contributed by atoms with Crippen LogP contribution in [0.3, 0.4) is 0 Å². The van der Waals surface area contributed by atoms with E-state index in [1.807, 2.05) is 6.08 Å². The molecule has 0 N–H and O–H groups in total. The largest absolute Gasteiger partial charge is 0.416 e. The summed E-state index contributed by atoms with van der Waals surface area (Å²) in [4.78, 5) is 0. The van der Waals surface area contributed by atoms with Gasteiger partial charge >= 0.3 is 0 Å². The van der Waals surface area contributed by atoms with Gasteiger partial charge in [0.2, 0.25) is 0 Å². The fourth-order valence-electron chi connectivity index (χ4n) is 2.04. The number of hydrogen-bond acceptors (Lipinski definition) is 2. The summed E-state index contributed by atoms with van der Waals surface area (Å²) in [5, 5.41) is 0.457. The lowest BCUT2D eigenvalue weighted by Crippen LogP contribution is -2.49. The third-order valence-corrected chi connectivity index (χ3v) is 15.2. The van der Waals surface area contributed by atoms with Gasteiger partial charge in [0.25, 0.3) is 0 Å². The van der Waals surface area contributed by atoms with Gasteiger partial charge in [-0.25, -0.2) is 0 Å². The summed E-state index contributed by atoms with van der Waals surface area (Å²) in [6.07, 6.45) is 2.20. The molecule has 0 amide bonds. The van der Waals surface area contributed by atoms with Gasteiger partial charge in [-0.3, -0.25) is 0 Å². The van der Waals surface area contributed by atoms with E-state index in [2.05, 4.69) is 88.2 Å². The van der Waals surface area contributed by atoms with Gasteiger partial charge in [-0.15, -0.1) is 6.58 Å². The topological polar surface area (TPSA) is 18.5 Å². The molecule has 0 aliphatic rings. The first-order valence-electron chi connectivity index (χ1n) is 9.40. The quantitative estimate of drug-likeness (QED) is 0.342. The van der Waals surface area contributed by atoms with E-state index >= 15 is 0 Å². The molecule has 0 aromatic carbocycles. The van der Waals surface area contributed by atoms with E-state index in [1.54, 1.807) is 0 Å². The lowest BCUT2D eigenvalue weighted by molar-refractivity contribution is 0.0627. The highest BCUT2D eigenvalue weighted by Gasteiger charge is 2.42. The highest BCUT2D eigenvalue weighted by Crippen LogP contribution is 2.40. The monoisotopic (exact) mass is 372 g/mol. The fraction of sp³-hybridized carbons (Fsp3) is 0.900. The minimum absolute atomic E-state index is 0.174. The maximum atomic E-state index is 6.77. The molecule has 144 valence electrons. The Kier molecular flexibility index (Phi) is 8.22. The zero-order valence-corrected chi connectivity index (χ0v) is 20.5. The standard InChI is InChI=1S/C20H44O2Si2/c1-14-16(2)18(22-24(12,13)20(7,8)9)17(3)15-21-23(10,11)19(4,5)6/h14,16-18H,1,15H2,2-13H3/t16-,17-,18+/m0/s1. The van der Waals surface area contributed by atoms with E-state index < -0.39 is 16.6 Å². The SMILES string of the molecule is C=C[C@H](C)[C@@H](O[Si](C)(C)C(C)(C)C)[C@@H](C)CO[Si](C)(C)C(C)(C)C. The Labute approximate surface area is 154 Å². The van der Waals surface area contributed by atoms with E-state index in [0.29, 0.717) is 11.8 Å². The van der Waals surface area contributed by atoms with E-state index in [-0.39, 0.29) is 16.2 Å². The molecular formula is C20H44O2Si2. The highest BCUT2D eigenvalue weighted by molar-refractivity contribution is 6.74. The van der Waals surface area contributed by atoms with Crippen LogP contribution in [0.25, 0.3) is 0 Å². The molecular weight excluding hydrogens is 328 g/mol. The maximum Gasteiger partial charge on any atom is 0.192 e. The average Bonchev–Trinajstić information content (AvgIpc) is 2.38. The van der Waals surface area contributed by atoms with Gasteiger partial charge in [0.1, 0.15) is 0 Å². The summed E-state index contributed by atoms with van der Waals surface area (Å²) in [5.74, 6) is 0.693. The molecule has 0 saturated carbocycles. The van der Waals surface area contributed by atoms with Crippen LogP contribution < -0.4 is 0 Å². The molecule has 0 bridgehead atoms. The van der Waals surface area contributed by atoms with Crippen molar-refractivity contribution in [2.24, 2.45) is 11.8 Å². The second kappa shape index (κ2) is 8.19. The summed E-state index contributed by atoms with van der Waals surface area (Å²) < 4.78 is 13.2. The van der Waals surface area contributed by atoms with Crippen molar-refractivity contribution < 1.29 is 8.85 Å². The molecule has 0 aromatic heterocycles. The molecule has 0 radical (unpaired) electrons. The number of hydrogen-bond donors (Lipinski definition) is 0. The zero-order valence-electron chi connectivity index (χ0n) is 18.5. The second-order valence-electron chi connectivity index (χ2n) is 10.5. The number of rotatable bonds is 8. The van der Waals surface area contributed by atoms with Gasteiger partial charge in [0.15, 0.2) is 16.6 Å². The summed E-state index contributed by atoms with van der Waals surface area (Å²) in [6.45, 7) is 32.3. The Bertz CT molecular complexity index is 403. The van der Waals surface area contributed by atoms with Crippen molar-refractivity contribution in [3.63, 3.8) is 0 Å². The first kappa shape index (κ1) is 24.1. The van der Waals surface area contributed by atoms with Crippen LogP contribution in [0.2, 0.25) is 36.3 Å². The van der Waals surface area contributed by atoms with Gasteiger partial charge < -0.3 is 8.85 Å². The van der Waals surface area contributed by atoms with Gasteiger partial charge in [-0.2, -0.15) is 0 Å². The second-order valence-corrected chi connectivity index (χ2v) is 20.1. The van der Waals surface area contributed by atoms with E-state index in [4.69, 9.17) is 8.85 Å². The van der Waals surface area contributed by atoms with Crippen LogP contribution in [0.5, 0.6) is 0 Å². The van der Waals surface area contributed by atoms with E-state index in [1.165, 1.54) is 0 Å². The Hall–Kier alpha value is 0.0938. The van der Waals surface area contributed by atoms with Crippen LogP contribution in [0.1, 0.15) is 55.4 Å². The molecule has 0 heterocycles. The molecule has 0 aliphatic carbocycles. The smallest absolute Gasteiger partial charge is 0.192 e. The maximum absolute atomic E-state index is 6.77.